The van der Waals surface area contributed by atoms with Gasteiger partial charge in [0.15, 0.2) is 0 Å². The maximum Gasteiger partial charge on any atom is 0.404 e. The van der Waals surface area contributed by atoms with Crippen molar-refractivity contribution < 1.29 is 19.4 Å². The molecule has 0 aliphatic carbocycles. The fourth-order valence-corrected chi connectivity index (χ4v) is 2.94. The molecule has 3 rings (SSSR count). The fraction of sp³-hybridized carbons (Fsp3) is 0.158. The number of nitrogens with zero attached hydrogens (tertiary/aromatic N) is 1. The number of fused-ring (bicyclic) bond motifs is 1. The highest BCUT2D eigenvalue weighted by molar-refractivity contribution is 5.90. The van der Waals surface area contributed by atoms with Crippen LogP contribution < -0.4 is 5.32 Å². The van der Waals surface area contributed by atoms with Crippen molar-refractivity contribution in [2.45, 2.75) is 13.0 Å². The molecule has 0 saturated carbocycles. The number of aromatic nitrogens is 1. The summed E-state index contributed by atoms with van der Waals surface area (Å²) < 4.78 is 13.7. The summed E-state index contributed by atoms with van der Waals surface area (Å²) in [6.07, 6.45) is -0.747. The van der Waals surface area contributed by atoms with Crippen LogP contribution in [-0.2, 0) is 13.0 Å². The van der Waals surface area contributed by atoms with Gasteiger partial charge < -0.3 is 15.5 Å². The first kappa shape index (κ1) is 16.9. The zero-order chi connectivity index (χ0) is 17.8. The average Bonchev–Trinajstić information content (AvgIpc) is 2.61. The van der Waals surface area contributed by atoms with E-state index in [2.05, 4.69) is 10.3 Å². The Labute approximate surface area is 143 Å². The van der Waals surface area contributed by atoms with Crippen molar-refractivity contribution in [3.63, 3.8) is 0 Å². The van der Waals surface area contributed by atoms with Gasteiger partial charge in [0.05, 0.1) is 17.8 Å². The van der Waals surface area contributed by atoms with E-state index in [-0.39, 0.29) is 13.2 Å². The third-order valence-electron chi connectivity index (χ3n) is 3.99. The van der Waals surface area contributed by atoms with Crippen molar-refractivity contribution in [1.29, 1.82) is 0 Å². The second-order valence-corrected chi connectivity index (χ2v) is 5.58. The lowest BCUT2D eigenvalue weighted by molar-refractivity contribution is 0.194. The quantitative estimate of drug-likeness (QED) is 0.665. The molecule has 0 radical (unpaired) electrons. The molecule has 128 valence electrons. The molecular formula is C19H17FN2O3. The van der Waals surface area contributed by atoms with Crippen molar-refractivity contribution in [2.75, 3.05) is 6.54 Å². The van der Waals surface area contributed by atoms with Gasteiger partial charge in [0, 0.05) is 23.9 Å². The molecule has 1 aromatic heterocycles. The van der Waals surface area contributed by atoms with Crippen molar-refractivity contribution in [2.24, 2.45) is 0 Å². The van der Waals surface area contributed by atoms with E-state index < -0.39 is 11.9 Å². The van der Waals surface area contributed by atoms with Gasteiger partial charge in [-0.05, 0) is 29.3 Å². The molecule has 2 aromatic carbocycles. The predicted molar refractivity (Wildman–Crippen MR) is 92.8 cm³/mol. The van der Waals surface area contributed by atoms with E-state index in [9.17, 15) is 14.3 Å². The van der Waals surface area contributed by atoms with Crippen molar-refractivity contribution in [3.05, 3.63) is 65.6 Å². The first-order valence-electron chi connectivity index (χ1n) is 7.84. The molecule has 6 heteroatoms. The minimum absolute atomic E-state index is 0.194. The maximum atomic E-state index is 13.7. The van der Waals surface area contributed by atoms with Gasteiger partial charge in [-0.1, -0.05) is 30.3 Å². The Bertz CT molecular complexity index is 913. The van der Waals surface area contributed by atoms with Crippen molar-refractivity contribution in [1.82, 2.24) is 10.3 Å². The number of carboxylic acid groups (broad SMARTS) is 1. The molecule has 3 aromatic rings. The summed E-state index contributed by atoms with van der Waals surface area (Å²) in [6.45, 7) is -0.0776. The van der Waals surface area contributed by atoms with Crippen LogP contribution in [0.2, 0.25) is 0 Å². The Morgan fingerprint density at radius 2 is 1.92 bits per heavy atom. The van der Waals surface area contributed by atoms with Gasteiger partial charge in [0.25, 0.3) is 0 Å². The molecule has 0 fully saturated rings. The molecule has 3 N–H and O–H groups in total. The Kier molecular flexibility index (Phi) is 4.90. The summed E-state index contributed by atoms with van der Waals surface area (Å²) in [6, 6.07) is 13.6. The van der Waals surface area contributed by atoms with Crippen LogP contribution in [0.25, 0.3) is 22.0 Å². The van der Waals surface area contributed by atoms with E-state index in [0.717, 1.165) is 5.56 Å². The van der Waals surface area contributed by atoms with E-state index in [0.29, 0.717) is 34.1 Å². The highest BCUT2D eigenvalue weighted by Crippen LogP contribution is 2.33. The SMILES string of the molecule is O=C(O)NCCc1nc2ccc(F)cc2c(CO)c1-c1ccccc1. The highest BCUT2D eigenvalue weighted by atomic mass is 19.1. The molecule has 0 aliphatic rings. The van der Waals surface area contributed by atoms with Gasteiger partial charge in [0.1, 0.15) is 5.82 Å². The molecule has 0 saturated heterocycles. The van der Waals surface area contributed by atoms with Crippen LogP contribution in [-0.4, -0.2) is 27.8 Å². The number of nitrogens with one attached hydrogen (secondary N) is 1. The van der Waals surface area contributed by atoms with Gasteiger partial charge in [-0.3, -0.25) is 4.98 Å². The maximum absolute atomic E-state index is 13.7. The van der Waals surface area contributed by atoms with Gasteiger partial charge in [-0.2, -0.15) is 0 Å². The van der Waals surface area contributed by atoms with Crippen molar-refractivity contribution >= 4 is 17.0 Å². The Hall–Kier alpha value is -2.99. The van der Waals surface area contributed by atoms with E-state index in [1.807, 2.05) is 30.3 Å². The summed E-state index contributed by atoms with van der Waals surface area (Å²) in [5, 5.41) is 21.6. The number of rotatable bonds is 5. The number of aliphatic hydroxyl groups excluding tert-OH is 1. The molecule has 5 nitrogen and oxygen atoms in total. The summed E-state index contributed by atoms with van der Waals surface area (Å²) in [7, 11) is 0. The number of amides is 1. The van der Waals surface area contributed by atoms with E-state index in [1.54, 1.807) is 6.07 Å². The number of pyridine rings is 1. The lowest BCUT2D eigenvalue weighted by Gasteiger charge is -2.16. The summed E-state index contributed by atoms with van der Waals surface area (Å²) >= 11 is 0. The zero-order valence-corrected chi connectivity index (χ0v) is 13.4. The summed E-state index contributed by atoms with van der Waals surface area (Å²) in [4.78, 5) is 15.3. The highest BCUT2D eigenvalue weighted by Gasteiger charge is 2.16. The summed E-state index contributed by atoms with van der Waals surface area (Å²) in [5.74, 6) is -0.400. The normalized spacial score (nSPS) is 10.8. The van der Waals surface area contributed by atoms with E-state index in [1.165, 1.54) is 12.1 Å². The Morgan fingerprint density at radius 3 is 2.60 bits per heavy atom. The minimum atomic E-state index is -1.11. The van der Waals surface area contributed by atoms with Crippen LogP contribution in [0.4, 0.5) is 9.18 Å². The minimum Gasteiger partial charge on any atom is -0.465 e. The average molecular weight is 340 g/mol. The van der Waals surface area contributed by atoms with Gasteiger partial charge in [0.2, 0.25) is 0 Å². The van der Waals surface area contributed by atoms with E-state index >= 15 is 0 Å². The molecule has 1 heterocycles. The molecule has 1 amide bonds. The number of benzene rings is 2. The summed E-state index contributed by atoms with van der Waals surface area (Å²) in [5.41, 5.74) is 3.36. The van der Waals surface area contributed by atoms with Crippen LogP contribution >= 0.6 is 0 Å². The smallest absolute Gasteiger partial charge is 0.404 e. The number of hydrogen-bond donors (Lipinski definition) is 3. The first-order valence-corrected chi connectivity index (χ1v) is 7.84. The number of carbonyl (C=O) groups is 1. The van der Waals surface area contributed by atoms with Gasteiger partial charge in [-0.25, -0.2) is 9.18 Å². The Morgan fingerprint density at radius 1 is 1.16 bits per heavy atom. The molecular weight excluding hydrogens is 323 g/mol. The zero-order valence-electron chi connectivity index (χ0n) is 13.4. The predicted octanol–water partition coefficient (Wildman–Crippen LogP) is 3.34. The van der Waals surface area contributed by atoms with Crippen LogP contribution in [0.15, 0.2) is 48.5 Å². The van der Waals surface area contributed by atoms with E-state index in [4.69, 9.17) is 5.11 Å². The molecule has 0 bridgehead atoms. The van der Waals surface area contributed by atoms with Crippen LogP contribution in [0.3, 0.4) is 0 Å². The van der Waals surface area contributed by atoms with Crippen LogP contribution in [0.5, 0.6) is 0 Å². The van der Waals surface area contributed by atoms with Crippen LogP contribution in [0, 0.1) is 5.82 Å². The number of hydrogen-bond acceptors (Lipinski definition) is 3. The third kappa shape index (κ3) is 3.59. The second-order valence-electron chi connectivity index (χ2n) is 5.58. The fourth-order valence-electron chi connectivity index (χ4n) is 2.94. The number of halogens is 1. The lowest BCUT2D eigenvalue weighted by atomic mass is 9.93. The first-order chi connectivity index (χ1) is 12.1. The standard InChI is InChI=1S/C19H17FN2O3/c20-13-6-7-16-14(10-13)15(11-23)18(12-4-2-1-3-5-12)17(22-16)8-9-21-19(24)25/h1-7,10,21,23H,8-9,11H2,(H,24,25). The monoisotopic (exact) mass is 340 g/mol. The van der Waals surface area contributed by atoms with Crippen LogP contribution in [0.1, 0.15) is 11.3 Å². The molecule has 0 aliphatic heterocycles. The van der Waals surface area contributed by atoms with Gasteiger partial charge >= 0.3 is 6.09 Å². The number of aliphatic hydroxyl groups is 1. The largest absolute Gasteiger partial charge is 0.465 e. The third-order valence-corrected chi connectivity index (χ3v) is 3.99. The Balaban J connectivity index is 2.21. The second kappa shape index (κ2) is 7.27. The lowest BCUT2D eigenvalue weighted by Crippen LogP contribution is -2.24. The van der Waals surface area contributed by atoms with Gasteiger partial charge in [-0.15, -0.1) is 0 Å². The molecule has 25 heavy (non-hydrogen) atoms. The molecule has 0 atom stereocenters. The molecule has 0 unspecified atom stereocenters. The topological polar surface area (TPSA) is 82.5 Å². The van der Waals surface area contributed by atoms with Crippen molar-refractivity contribution in [3.8, 4) is 11.1 Å². The molecule has 0 spiro atoms.